The number of hydrogen-bond acceptors (Lipinski definition) is 2. The van der Waals surface area contributed by atoms with Crippen LogP contribution in [0.15, 0.2) is 18.2 Å². The normalized spacial score (nSPS) is 27.9. The van der Waals surface area contributed by atoms with Gasteiger partial charge in [0.2, 0.25) is 0 Å². The first-order chi connectivity index (χ1) is 10.9. The fourth-order valence-corrected chi connectivity index (χ4v) is 3.86. The van der Waals surface area contributed by atoms with Crippen molar-refractivity contribution in [1.29, 1.82) is 0 Å². The molecule has 1 heterocycles. The summed E-state index contributed by atoms with van der Waals surface area (Å²) >= 11 is 0. The average molecular weight is 324 g/mol. The SMILES string of the molecule is CC1(C)[C@H](NC(=O)NCCc2cccc(F)c2F)[C@@H]2CCO[C@H]21. The van der Waals surface area contributed by atoms with E-state index in [9.17, 15) is 13.6 Å². The number of urea groups is 1. The van der Waals surface area contributed by atoms with Crippen molar-refractivity contribution in [2.24, 2.45) is 11.3 Å². The van der Waals surface area contributed by atoms with Crippen molar-refractivity contribution >= 4 is 6.03 Å². The highest BCUT2D eigenvalue weighted by atomic mass is 19.2. The molecule has 3 rings (SSSR count). The van der Waals surface area contributed by atoms with Crippen molar-refractivity contribution in [2.75, 3.05) is 13.2 Å². The van der Waals surface area contributed by atoms with E-state index in [0.29, 0.717) is 5.92 Å². The molecule has 1 saturated carbocycles. The molecule has 2 fully saturated rings. The number of halogens is 2. The number of fused-ring (bicyclic) bond motifs is 1. The first-order valence-electron chi connectivity index (χ1n) is 8.00. The Balaban J connectivity index is 1.48. The lowest BCUT2D eigenvalue weighted by Gasteiger charge is -2.54. The lowest BCUT2D eigenvalue weighted by Crippen LogP contribution is -2.67. The maximum absolute atomic E-state index is 13.5. The second kappa shape index (κ2) is 6.07. The molecule has 6 heteroatoms. The maximum atomic E-state index is 13.5. The van der Waals surface area contributed by atoms with Crippen LogP contribution < -0.4 is 10.6 Å². The summed E-state index contributed by atoms with van der Waals surface area (Å²) in [4.78, 5) is 12.0. The Morgan fingerprint density at radius 3 is 2.96 bits per heavy atom. The molecule has 4 nitrogen and oxygen atoms in total. The van der Waals surface area contributed by atoms with Gasteiger partial charge in [0.05, 0.1) is 6.10 Å². The van der Waals surface area contributed by atoms with Crippen LogP contribution in [-0.4, -0.2) is 31.3 Å². The number of ether oxygens (including phenoxy) is 1. The van der Waals surface area contributed by atoms with Crippen LogP contribution >= 0.6 is 0 Å². The quantitative estimate of drug-likeness (QED) is 0.894. The van der Waals surface area contributed by atoms with Crippen molar-refractivity contribution < 1.29 is 18.3 Å². The first kappa shape index (κ1) is 16.2. The van der Waals surface area contributed by atoms with Crippen LogP contribution in [0, 0.1) is 23.0 Å². The van der Waals surface area contributed by atoms with Gasteiger partial charge in [-0.1, -0.05) is 26.0 Å². The molecule has 1 aromatic carbocycles. The van der Waals surface area contributed by atoms with E-state index in [0.717, 1.165) is 19.1 Å². The van der Waals surface area contributed by atoms with E-state index in [1.165, 1.54) is 12.1 Å². The van der Waals surface area contributed by atoms with Crippen LogP contribution in [0.1, 0.15) is 25.8 Å². The minimum absolute atomic E-state index is 0.0762. The Kier molecular flexibility index (Phi) is 4.27. The van der Waals surface area contributed by atoms with Gasteiger partial charge in [0, 0.05) is 30.5 Å². The lowest BCUT2D eigenvalue weighted by molar-refractivity contribution is -0.108. The van der Waals surface area contributed by atoms with E-state index in [2.05, 4.69) is 24.5 Å². The Morgan fingerprint density at radius 1 is 1.39 bits per heavy atom. The van der Waals surface area contributed by atoms with Crippen LogP contribution in [0.2, 0.25) is 0 Å². The summed E-state index contributed by atoms with van der Waals surface area (Å²) in [5, 5.41) is 5.71. The standard InChI is InChI=1S/C17H22F2N2O2/c1-17(2)14(11-7-9-23-15(11)17)21-16(22)20-8-6-10-4-3-5-12(18)13(10)19/h3-5,11,14-15H,6-9H2,1-2H3,(H2,20,21,22)/t11-,14+,15+/m0/s1. The van der Waals surface area contributed by atoms with Gasteiger partial charge in [-0.25, -0.2) is 13.6 Å². The van der Waals surface area contributed by atoms with Crippen LogP contribution in [0.4, 0.5) is 13.6 Å². The van der Waals surface area contributed by atoms with Crippen molar-refractivity contribution in [1.82, 2.24) is 10.6 Å². The van der Waals surface area contributed by atoms with Gasteiger partial charge >= 0.3 is 6.03 Å². The molecule has 1 aliphatic heterocycles. The molecule has 0 spiro atoms. The van der Waals surface area contributed by atoms with Gasteiger partial charge in [-0.05, 0) is 24.5 Å². The zero-order valence-electron chi connectivity index (χ0n) is 13.4. The zero-order chi connectivity index (χ0) is 16.6. The highest BCUT2D eigenvalue weighted by Crippen LogP contribution is 2.51. The van der Waals surface area contributed by atoms with E-state index in [1.807, 2.05) is 0 Å². The number of benzene rings is 1. The third-order valence-electron chi connectivity index (χ3n) is 5.10. The van der Waals surface area contributed by atoms with E-state index in [1.54, 1.807) is 0 Å². The average Bonchev–Trinajstić information content (AvgIpc) is 2.96. The third kappa shape index (κ3) is 2.92. The highest BCUT2D eigenvalue weighted by molar-refractivity contribution is 5.74. The monoisotopic (exact) mass is 324 g/mol. The van der Waals surface area contributed by atoms with E-state index in [4.69, 9.17) is 4.74 Å². The van der Waals surface area contributed by atoms with Crippen molar-refractivity contribution in [3.05, 3.63) is 35.4 Å². The predicted octanol–water partition coefficient (Wildman–Crippen LogP) is 2.62. The molecule has 126 valence electrons. The summed E-state index contributed by atoms with van der Waals surface area (Å²) in [5.74, 6) is -1.34. The second-order valence-corrected chi connectivity index (χ2v) is 6.91. The van der Waals surface area contributed by atoms with Crippen molar-refractivity contribution in [3.8, 4) is 0 Å². The fourth-order valence-electron chi connectivity index (χ4n) is 3.86. The van der Waals surface area contributed by atoms with E-state index >= 15 is 0 Å². The summed E-state index contributed by atoms with van der Waals surface area (Å²) in [6.07, 6.45) is 1.43. The minimum atomic E-state index is -0.865. The molecule has 1 aliphatic carbocycles. The number of carbonyl (C=O) groups is 1. The summed E-state index contributed by atoms with van der Waals surface area (Å²) in [6, 6.07) is 3.88. The zero-order valence-corrected chi connectivity index (χ0v) is 13.4. The van der Waals surface area contributed by atoms with Crippen molar-refractivity contribution in [2.45, 2.75) is 38.8 Å². The maximum Gasteiger partial charge on any atom is 0.315 e. The molecule has 2 amide bonds. The van der Waals surface area contributed by atoms with Crippen molar-refractivity contribution in [3.63, 3.8) is 0 Å². The number of nitrogens with one attached hydrogen (secondary N) is 2. The largest absolute Gasteiger partial charge is 0.377 e. The molecule has 3 atom stereocenters. The van der Waals surface area contributed by atoms with E-state index in [-0.39, 0.29) is 42.1 Å². The highest BCUT2D eigenvalue weighted by Gasteiger charge is 2.59. The number of hydrogen-bond donors (Lipinski definition) is 2. The number of rotatable bonds is 4. The smallest absolute Gasteiger partial charge is 0.315 e. The Morgan fingerprint density at radius 2 is 2.17 bits per heavy atom. The van der Waals surface area contributed by atoms with E-state index < -0.39 is 11.6 Å². The Hall–Kier alpha value is -1.69. The summed E-state index contributed by atoms with van der Waals surface area (Å²) in [5.41, 5.74) is 0.186. The van der Waals surface area contributed by atoms with Crippen LogP contribution in [0.5, 0.6) is 0 Å². The molecular weight excluding hydrogens is 302 g/mol. The molecule has 2 aliphatic rings. The molecule has 0 bridgehead atoms. The fraction of sp³-hybridized carbons (Fsp3) is 0.588. The van der Waals surface area contributed by atoms with Gasteiger partial charge in [0.1, 0.15) is 0 Å². The second-order valence-electron chi connectivity index (χ2n) is 6.91. The molecular formula is C17H22F2N2O2. The number of carbonyl (C=O) groups excluding carboxylic acids is 1. The number of amides is 2. The molecule has 1 aromatic rings. The molecule has 2 N–H and O–H groups in total. The molecule has 1 saturated heterocycles. The summed E-state index contributed by atoms with van der Waals surface area (Å²) in [6.45, 7) is 5.18. The Labute approximate surface area is 134 Å². The van der Waals surface area contributed by atoms with Crippen LogP contribution in [0.3, 0.4) is 0 Å². The lowest BCUT2D eigenvalue weighted by atomic mass is 9.57. The topological polar surface area (TPSA) is 50.4 Å². The predicted molar refractivity (Wildman–Crippen MR) is 82.0 cm³/mol. The van der Waals surface area contributed by atoms with Crippen LogP contribution in [0.25, 0.3) is 0 Å². The van der Waals surface area contributed by atoms with Gasteiger partial charge in [0.15, 0.2) is 11.6 Å². The Bertz CT molecular complexity index is 606. The molecule has 0 aromatic heterocycles. The van der Waals surface area contributed by atoms with Crippen LogP contribution in [-0.2, 0) is 11.2 Å². The molecule has 23 heavy (non-hydrogen) atoms. The molecule has 0 radical (unpaired) electrons. The van der Waals surface area contributed by atoms with Gasteiger partial charge in [-0.3, -0.25) is 0 Å². The third-order valence-corrected chi connectivity index (χ3v) is 5.10. The van der Waals surface area contributed by atoms with Gasteiger partial charge < -0.3 is 15.4 Å². The van der Waals surface area contributed by atoms with Gasteiger partial charge in [-0.2, -0.15) is 0 Å². The summed E-state index contributed by atoms with van der Waals surface area (Å²) < 4.78 is 32.3. The van der Waals surface area contributed by atoms with Gasteiger partial charge in [-0.15, -0.1) is 0 Å². The minimum Gasteiger partial charge on any atom is -0.377 e. The first-order valence-corrected chi connectivity index (χ1v) is 8.00. The summed E-state index contributed by atoms with van der Waals surface area (Å²) in [7, 11) is 0. The van der Waals surface area contributed by atoms with Gasteiger partial charge in [0.25, 0.3) is 0 Å². The molecule has 0 unspecified atom stereocenters.